The monoisotopic (exact) mass is 408 g/mol. The molecule has 0 aromatic carbocycles. The zero-order chi connectivity index (χ0) is 20.1. The molecule has 28 heavy (non-hydrogen) atoms. The Morgan fingerprint density at radius 3 is 2.46 bits per heavy atom. The Balaban J connectivity index is 1.60. The van der Waals surface area contributed by atoms with Gasteiger partial charge in [0.15, 0.2) is 20.7 Å². The summed E-state index contributed by atoms with van der Waals surface area (Å²) >= 11 is 0. The first-order valence-corrected chi connectivity index (χ1v) is 12.5. The molecular weight excluding hydrogens is 376 g/mol. The highest BCUT2D eigenvalue weighted by Crippen LogP contribution is 2.46. The average Bonchev–Trinajstić information content (AvgIpc) is 3.16. The van der Waals surface area contributed by atoms with Crippen LogP contribution in [0.5, 0.6) is 0 Å². The van der Waals surface area contributed by atoms with Crippen LogP contribution < -0.4 is 5.32 Å². The van der Waals surface area contributed by atoms with Gasteiger partial charge in [0.1, 0.15) is 11.9 Å². The zero-order valence-electron chi connectivity index (χ0n) is 17.4. The van der Waals surface area contributed by atoms with Crippen molar-refractivity contribution in [1.82, 2.24) is 4.98 Å². The predicted molar refractivity (Wildman–Crippen MR) is 108 cm³/mol. The van der Waals surface area contributed by atoms with Gasteiger partial charge in [0.2, 0.25) is 0 Å². The molecule has 3 atom stereocenters. The lowest BCUT2D eigenvalue weighted by Gasteiger charge is -2.33. The first-order chi connectivity index (χ1) is 13.2. The summed E-state index contributed by atoms with van der Waals surface area (Å²) in [5, 5.41) is 3.72. The Hall–Kier alpha value is -1.18. The number of aromatic nitrogens is 1. The number of nitrogens with zero attached hydrogens (tertiary/aromatic N) is 1. The van der Waals surface area contributed by atoms with Crippen LogP contribution in [-0.4, -0.2) is 43.7 Å². The van der Waals surface area contributed by atoms with Crippen LogP contribution in [0.25, 0.3) is 0 Å². The largest absolute Gasteiger partial charge is 0.364 e. The SMILES string of the molecule is CCc1c(S(C)(=O)=O)nc(NC2CCC3OC4(CCCCC4)OC23)c(C)c1C. The molecular formula is C21H32N2O4S. The summed E-state index contributed by atoms with van der Waals surface area (Å²) < 4.78 is 37.5. The number of anilines is 1. The third-order valence-corrected chi connectivity index (χ3v) is 7.77. The van der Waals surface area contributed by atoms with Gasteiger partial charge >= 0.3 is 0 Å². The summed E-state index contributed by atoms with van der Waals surface area (Å²) in [4.78, 5) is 4.56. The molecule has 3 unspecified atom stereocenters. The van der Waals surface area contributed by atoms with Crippen molar-refractivity contribution >= 4 is 15.7 Å². The molecule has 7 heteroatoms. The van der Waals surface area contributed by atoms with Gasteiger partial charge in [-0.3, -0.25) is 0 Å². The van der Waals surface area contributed by atoms with E-state index in [-0.39, 0.29) is 23.3 Å². The molecule has 1 spiro atoms. The van der Waals surface area contributed by atoms with Crippen LogP contribution in [-0.2, 0) is 25.7 Å². The van der Waals surface area contributed by atoms with Crippen LogP contribution in [0.2, 0.25) is 0 Å². The molecule has 2 saturated carbocycles. The van der Waals surface area contributed by atoms with Crippen molar-refractivity contribution in [2.75, 3.05) is 11.6 Å². The minimum absolute atomic E-state index is 0.00661. The van der Waals surface area contributed by atoms with E-state index in [0.29, 0.717) is 12.2 Å². The van der Waals surface area contributed by atoms with E-state index in [4.69, 9.17) is 9.47 Å². The second-order valence-electron chi connectivity index (χ2n) is 8.66. The minimum atomic E-state index is -3.39. The fraction of sp³-hybridized carbons (Fsp3) is 0.762. The van der Waals surface area contributed by atoms with Crippen LogP contribution in [0.1, 0.15) is 68.6 Å². The molecule has 2 heterocycles. The van der Waals surface area contributed by atoms with Crippen LogP contribution in [0.15, 0.2) is 5.03 Å². The Labute approximate surface area is 168 Å². The molecule has 0 bridgehead atoms. The quantitative estimate of drug-likeness (QED) is 0.819. The number of hydrogen-bond donors (Lipinski definition) is 1. The van der Waals surface area contributed by atoms with Crippen LogP contribution in [0.3, 0.4) is 0 Å². The van der Waals surface area contributed by atoms with E-state index in [1.54, 1.807) is 0 Å². The van der Waals surface area contributed by atoms with Gasteiger partial charge in [-0.15, -0.1) is 0 Å². The Morgan fingerprint density at radius 2 is 1.82 bits per heavy atom. The highest BCUT2D eigenvalue weighted by atomic mass is 32.2. The molecule has 0 amide bonds. The maximum Gasteiger partial charge on any atom is 0.193 e. The number of sulfone groups is 1. The van der Waals surface area contributed by atoms with E-state index in [2.05, 4.69) is 10.3 Å². The van der Waals surface area contributed by atoms with E-state index < -0.39 is 15.6 Å². The fourth-order valence-corrected chi connectivity index (χ4v) is 6.11. The lowest BCUT2D eigenvalue weighted by Crippen LogP contribution is -2.38. The highest BCUT2D eigenvalue weighted by Gasteiger charge is 2.53. The van der Waals surface area contributed by atoms with Gasteiger partial charge in [-0.1, -0.05) is 13.3 Å². The molecule has 1 N–H and O–H groups in total. The maximum absolute atomic E-state index is 12.3. The third-order valence-electron chi connectivity index (χ3n) is 6.73. The first kappa shape index (κ1) is 20.1. The van der Waals surface area contributed by atoms with Gasteiger partial charge in [0.25, 0.3) is 0 Å². The molecule has 3 fully saturated rings. The van der Waals surface area contributed by atoms with Crippen molar-refractivity contribution in [3.8, 4) is 0 Å². The van der Waals surface area contributed by atoms with E-state index >= 15 is 0 Å². The van der Waals surface area contributed by atoms with E-state index in [0.717, 1.165) is 55.2 Å². The second-order valence-corrected chi connectivity index (χ2v) is 10.6. The number of hydrogen-bond acceptors (Lipinski definition) is 6. The summed E-state index contributed by atoms with van der Waals surface area (Å²) in [6, 6.07) is 0.0942. The van der Waals surface area contributed by atoms with Gasteiger partial charge in [0.05, 0.1) is 12.1 Å². The van der Waals surface area contributed by atoms with Gasteiger partial charge in [-0.25, -0.2) is 13.4 Å². The standard InChI is InChI=1S/C21H32N2O4S/c1-5-15-13(2)14(3)19(23-20(15)28(4,24)25)22-16-9-10-17-18(16)27-21(26-17)11-7-6-8-12-21/h16-18H,5-12H2,1-4H3,(H,22,23). The summed E-state index contributed by atoms with van der Waals surface area (Å²) in [7, 11) is -3.39. The molecule has 0 radical (unpaired) electrons. The third kappa shape index (κ3) is 3.46. The molecule has 1 aromatic heterocycles. The van der Waals surface area contributed by atoms with Crippen molar-refractivity contribution < 1.29 is 17.9 Å². The lowest BCUT2D eigenvalue weighted by atomic mass is 9.94. The number of ether oxygens (including phenoxy) is 2. The van der Waals surface area contributed by atoms with Crippen molar-refractivity contribution in [1.29, 1.82) is 0 Å². The minimum Gasteiger partial charge on any atom is -0.364 e. The molecule has 2 aliphatic carbocycles. The Morgan fingerprint density at radius 1 is 1.11 bits per heavy atom. The predicted octanol–water partition coefficient (Wildman–Crippen LogP) is 3.68. The van der Waals surface area contributed by atoms with Crippen LogP contribution in [0.4, 0.5) is 5.82 Å². The zero-order valence-corrected chi connectivity index (χ0v) is 18.2. The first-order valence-electron chi connectivity index (χ1n) is 10.6. The number of fused-ring (bicyclic) bond motifs is 1. The summed E-state index contributed by atoms with van der Waals surface area (Å²) in [6.45, 7) is 5.97. The number of nitrogens with one attached hydrogen (secondary N) is 1. The maximum atomic E-state index is 12.3. The van der Waals surface area contributed by atoms with Crippen molar-refractivity contribution in [2.24, 2.45) is 0 Å². The van der Waals surface area contributed by atoms with E-state index in [9.17, 15) is 8.42 Å². The summed E-state index contributed by atoms with van der Waals surface area (Å²) in [5.74, 6) is 0.269. The van der Waals surface area contributed by atoms with E-state index in [1.807, 2.05) is 20.8 Å². The number of rotatable bonds is 4. The molecule has 6 nitrogen and oxygen atoms in total. The fourth-order valence-electron chi connectivity index (χ4n) is 5.10. The van der Waals surface area contributed by atoms with Crippen molar-refractivity contribution in [2.45, 2.75) is 101 Å². The summed E-state index contributed by atoms with van der Waals surface area (Å²) in [6.07, 6.45) is 9.46. The van der Waals surface area contributed by atoms with Crippen LogP contribution in [0, 0.1) is 13.8 Å². The molecule has 4 rings (SSSR count). The molecule has 3 aliphatic rings. The van der Waals surface area contributed by atoms with Crippen LogP contribution >= 0.6 is 0 Å². The lowest BCUT2D eigenvalue weighted by molar-refractivity contribution is -0.198. The molecule has 1 saturated heterocycles. The van der Waals surface area contributed by atoms with Gasteiger partial charge in [0, 0.05) is 19.1 Å². The van der Waals surface area contributed by atoms with Gasteiger partial charge in [-0.05, 0) is 62.6 Å². The summed E-state index contributed by atoms with van der Waals surface area (Å²) in [5.41, 5.74) is 2.83. The van der Waals surface area contributed by atoms with Gasteiger partial charge in [-0.2, -0.15) is 0 Å². The Kier molecular flexibility index (Phi) is 5.21. The van der Waals surface area contributed by atoms with E-state index in [1.165, 1.54) is 12.7 Å². The highest BCUT2D eigenvalue weighted by molar-refractivity contribution is 7.90. The molecule has 156 valence electrons. The second kappa shape index (κ2) is 7.26. The molecule has 1 aliphatic heterocycles. The number of pyridine rings is 1. The topological polar surface area (TPSA) is 77.5 Å². The van der Waals surface area contributed by atoms with Crippen molar-refractivity contribution in [3.05, 3.63) is 16.7 Å². The average molecular weight is 409 g/mol. The Bertz CT molecular complexity index is 862. The normalized spacial score (nSPS) is 29.2. The van der Waals surface area contributed by atoms with Gasteiger partial charge < -0.3 is 14.8 Å². The molecule has 1 aromatic rings. The van der Waals surface area contributed by atoms with Crippen molar-refractivity contribution in [3.63, 3.8) is 0 Å². The smallest absolute Gasteiger partial charge is 0.193 e.